The van der Waals surface area contributed by atoms with Gasteiger partial charge in [0, 0.05) is 0 Å². The summed E-state index contributed by atoms with van der Waals surface area (Å²) in [5.41, 5.74) is 4.48. The monoisotopic (exact) mass is 354 g/mol. The number of carboxylic acid groups (broad SMARTS) is 1. The zero-order chi connectivity index (χ0) is 18.9. The molecule has 1 amide bonds. The highest BCUT2D eigenvalue weighted by Crippen LogP contribution is 2.21. The molecule has 2 N–H and O–H groups in total. The number of hydrazone groups is 1. The number of carbonyl (C=O) groups is 2. The van der Waals surface area contributed by atoms with Crippen LogP contribution >= 0.6 is 0 Å². The van der Waals surface area contributed by atoms with Crippen LogP contribution in [0.4, 0.5) is 0 Å². The van der Waals surface area contributed by atoms with Crippen molar-refractivity contribution in [2.75, 3.05) is 6.61 Å². The van der Waals surface area contributed by atoms with E-state index < -0.39 is 5.97 Å². The molecule has 6 heteroatoms. The van der Waals surface area contributed by atoms with Crippen molar-refractivity contribution in [1.82, 2.24) is 5.43 Å². The predicted molar refractivity (Wildman–Crippen MR) is 99.8 cm³/mol. The molecule has 2 aromatic rings. The van der Waals surface area contributed by atoms with Crippen LogP contribution in [-0.2, 0) is 4.79 Å². The summed E-state index contributed by atoms with van der Waals surface area (Å²) in [6, 6.07) is 13.9. The molecule has 0 bridgehead atoms. The first-order chi connectivity index (χ1) is 12.5. The quantitative estimate of drug-likeness (QED) is 0.561. The standard InChI is InChI=1S/C20H22N2O4/c1-3-14(2)16-8-10-18(11-9-16)26-13-19(23)22-21-12-15-4-6-17(7-5-15)20(24)25/h4-12,14H,3,13H2,1-2H3,(H,22,23)(H,24,25)/b21-12-/t14-/m1/s1. The van der Waals surface area contributed by atoms with Crippen LogP contribution in [0.2, 0.25) is 0 Å². The van der Waals surface area contributed by atoms with Crippen LogP contribution in [0.1, 0.15) is 47.7 Å². The summed E-state index contributed by atoms with van der Waals surface area (Å²) in [6.07, 6.45) is 2.50. The maximum absolute atomic E-state index is 11.7. The van der Waals surface area contributed by atoms with Gasteiger partial charge in [0.25, 0.3) is 5.91 Å². The number of nitrogens with zero attached hydrogens (tertiary/aromatic N) is 1. The van der Waals surface area contributed by atoms with E-state index in [1.165, 1.54) is 23.9 Å². The van der Waals surface area contributed by atoms with Crippen LogP contribution in [-0.4, -0.2) is 29.8 Å². The minimum Gasteiger partial charge on any atom is -0.484 e. The molecule has 0 aliphatic heterocycles. The Morgan fingerprint density at radius 1 is 1.15 bits per heavy atom. The van der Waals surface area contributed by atoms with E-state index in [9.17, 15) is 9.59 Å². The topological polar surface area (TPSA) is 88.0 Å². The highest BCUT2D eigenvalue weighted by atomic mass is 16.5. The normalized spacial score (nSPS) is 11.9. The predicted octanol–water partition coefficient (Wildman–Crippen LogP) is 3.43. The Kier molecular flexibility index (Phi) is 6.91. The number of aromatic carboxylic acids is 1. The first-order valence-electron chi connectivity index (χ1n) is 8.37. The molecule has 0 fully saturated rings. The Hall–Kier alpha value is -3.15. The molecule has 6 nitrogen and oxygen atoms in total. The zero-order valence-electron chi connectivity index (χ0n) is 14.8. The molecule has 1 atom stereocenters. The van der Waals surface area contributed by atoms with E-state index >= 15 is 0 Å². The summed E-state index contributed by atoms with van der Waals surface area (Å²) in [5, 5.41) is 12.7. The summed E-state index contributed by atoms with van der Waals surface area (Å²) in [5.74, 6) is -0.253. The highest BCUT2D eigenvalue weighted by molar-refractivity contribution is 5.89. The Morgan fingerprint density at radius 3 is 2.38 bits per heavy atom. The molecule has 0 aliphatic carbocycles. The van der Waals surface area contributed by atoms with Gasteiger partial charge in [-0.05, 0) is 47.7 Å². The summed E-state index contributed by atoms with van der Waals surface area (Å²) < 4.78 is 5.43. The molecule has 0 saturated carbocycles. The van der Waals surface area contributed by atoms with Crippen LogP contribution in [0.25, 0.3) is 0 Å². The van der Waals surface area contributed by atoms with Gasteiger partial charge in [0.1, 0.15) is 5.75 Å². The molecule has 0 aromatic heterocycles. The number of carbonyl (C=O) groups excluding carboxylic acids is 1. The number of nitrogens with one attached hydrogen (secondary N) is 1. The molecule has 0 aliphatic rings. The van der Waals surface area contributed by atoms with Gasteiger partial charge < -0.3 is 9.84 Å². The van der Waals surface area contributed by atoms with E-state index in [4.69, 9.17) is 9.84 Å². The van der Waals surface area contributed by atoms with Crippen molar-refractivity contribution in [2.45, 2.75) is 26.2 Å². The fourth-order valence-corrected chi connectivity index (χ4v) is 2.20. The van der Waals surface area contributed by atoms with Gasteiger partial charge in [-0.1, -0.05) is 38.1 Å². The second kappa shape index (κ2) is 9.36. The van der Waals surface area contributed by atoms with Crippen LogP contribution in [0.15, 0.2) is 53.6 Å². The van der Waals surface area contributed by atoms with Gasteiger partial charge in [0.2, 0.25) is 0 Å². The largest absolute Gasteiger partial charge is 0.484 e. The van der Waals surface area contributed by atoms with Gasteiger partial charge in [-0.15, -0.1) is 0 Å². The van der Waals surface area contributed by atoms with Crippen molar-refractivity contribution in [2.24, 2.45) is 5.10 Å². The summed E-state index contributed by atoms with van der Waals surface area (Å²) >= 11 is 0. The van der Waals surface area contributed by atoms with Crippen molar-refractivity contribution in [1.29, 1.82) is 0 Å². The fourth-order valence-electron chi connectivity index (χ4n) is 2.20. The van der Waals surface area contributed by atoms with Crippen molar-refractivity contribution >= 4 is 18.1 Å². The van der Waals surface area contributed by atoms with Gasteiger partial charge in [-0.2, -0.15) is 5.10 Å². The number of carboxylic acids is 1. The Labute approximate surface area is 152 Å². The number of rotatable bonds is 8. The molecular formula is C20H22N2O4. The number of benzene rings is 2. The Bertz CT molecular complexity index is 767. The third kappa shape index (κ3) is 5.73. The Morgan fingerprint density at radius 2 is 1.81 bits per heavy atom. The minimum absolute atomic E-state index is 0.141. The Balaban J connectivity index is 1.78. The molecule has 26 heavy (non-hydrogen) atoms. The molecule has 0 unspecified atom stereocenters. The second-order valence-corrected chi connectivity index (χ2v) is 5.89. The lowest BCUT2D eigenvalue weighted by Gasteiger charge is -2.10. The van der Waals surface area contributed by atoms with Crippen molar-refractivity contribution in [3.63, 3.8) is 0 Å². The van der Waals surface area contributed by atoms with Crippen molar-refractivity contribution in [3.8, 4) is 5.75 Å². The smallest absolute Gasteiger partial charge is 0.335 e. The average molecular weight is 354 g/mol. The first-order valence-corrected chi connectivity index (χ1v) is 8.37. The number of amides is 1. The van der Waals surface area contributed by atoms with Crippen LogP contribution < -0.4 is 10.2 Å². The highest BCUT2D eigenvalue weighted by Gasteiger charge is 2.05. The van der Waals surface area contributed by atoms with E-state index in [0.717, 1.165) is 6.42 Å². The maximum Gasteiger partial charge on any atom is 0.335 e. The molecule has 0 saturated heterocycles. The minimum atomic E-state index is -0.990. The third-order valence-electron chi connectivity index (χ3n) is 3.99. The number of hydrogen-bond acceptors (Lipinski definition) is 4. The lowest BCUT2D eigenvalue weighted by Crippen LogP contribution is -2.24. The van der Waals surface area contributed by atoms with E-state index in [2.05, 4.69) is 24.4 Å². The summed E-state index contributed by atoms with van der Waals surface area (Å²) in [6.45, 7) is 4.16. The molecule has 2 aromatic carbocycles. The van der Waals surface area contributed by atoms with Gasteiger partial charge in [0.05, 0.1) is 11.8 Å². The first kappa shape index (κ1) is 19.2. The third-order valence-corrected chi connectivity index (χ3v) is 3.99. The van der Waals surface area contributed by atoms with Gasteiger partial charge in [-0.3, -0.25) is 4.79 Å². The molecule has 0 radical (unpaired) electrons. The fraction of sp³-hybridized carbons (Fsp3) is 0.250. The average Bonchev–Trinajstić information content (AvgIpc) is 2.66. The van der Waals surface area contributed by atoms with Crippen LogP contribution in [0.3, 0.4) is 0 Å². The zero-order valence-corrected chi connectivity index (χ0v) is 14.8. The van der Waals surface area contributed by atoms with E-state index in [-0.39, 0.29) is 18.1 Å². The summed E-state index contributed by atoms with van der Waals surface area (Å²) in [4.78, 5) is 22.5. The van der Waals surface area contributed by atoms with E-state index in [1.807, 2.05) is 24.3 Å². The number of ether oxygens (including phenoxy) is 1. The summed E-state index contributed by atoms with van der Waals surface area (Å²) in [7, 11) is 0. The molecule has 0 heterocycles. The van der Waals surface area contributed by atoms with Gasteiger partial charge >= 0.3 is 5.97 Å². The second-order valence-electron chi connectivity index (χ2n) is 5.89. The maximum atomic E-state index is 11.7. The van der Waals surface area contributed by atoms with Gasteiger partial charge in [0.15, 0.2) is 6.61 Å². The SMILES string of the molecule is CC[C@@H](C)c1ccc(OCC(=O)N/N=C\c2ccc(C(=O)O)cc2)cc1. The molecule has 0 spiro atoms. The van der Waals surface area contributed by atoms with Gasteiger partial charge in [-0.25, -0.2) is 10.2 Å². The van der Waals surface area contributed by atoms with Crippen LogP contribution in [0, 0.1) is 0 Å². The molecular weight excluding hydrogens is 332 g/mol. The molecule has 136 valence electrons. The van der Waals surface area contributed by atoms with E-state index in [1.54, 1.807) is 12.1 Å². The van der Waals surface area contributed by atoms with Crippen molar-refractivity contribution in [3.05, 3.63) is 65.2 Å². The van der Waals surface area contributed by atoms with Crippen molar-refractivity contribution < 1.29 is 19.4 Å². The molecule has 2 rings (SSSR count). The lowest BCUT2D eigenvalue weighted by molar-refractivity contribution is -0.123. The van der Waals surface area contributed by atoms with E-state index in [0.29, 0.717) is 17.2 Å². The number of hydrogen-bond donors (Lipinski definition) is 2. The van der Waals surface area contributed by atoms with Crippen LogP contribution in [0.5, 0.6) is 5.75 Å². The lowest BCUT2D eigenvalue weighted by atomic mass is 9.99.